The zero-order valence-electron chi connectivity index (χ0n) is 14.5. The average molecular weight is 337 g/mol. The minimum Gasteiger partial charge on any atom is -0.497 e. The third kappa shape index (κ3) is 3.94. The first-order chi connectivity index (χ1) is 12.1. The van der Waals surface area contributed by atoms with Crippen molar-refractivity contribution in [1.82, 2.24) is 9.97 Å². The minimum absolute atomic E-state index is 0.0119. The molecule has 128 valence electrons. The summed E-state index contributed by atoms with van der Waals surface area (Å²) >= 11 is 0. The van der Waals surface area contributed by atoms with Gasteiger partial charge in [0.15, 0.2) is 0 Å². The van der Waals surface area contributed by atoms with E-state index in [4.69, 9.17) is 4.74 Å². The Morgan fingerprint density at radius 3 is 2.60 bits per heavy atom. The van der Waals surface area contributed by atoms with Gasteiger partial charge in [0.2, 0.25) is 0 Å². The van der Waals surface area contributed by atoms with Crippen LogP contribution in [0.1, 0.15) is 24.4 Å². The minimum atomic E-state index is -0.299. The lowest BCUT2D eigenvalue weighted by Gasteiger charge is -2.17. The quantitative estimate of drug-likeness (QED) is 0.728. The van der Waals surface area contributed by atoms with Gasteiger partial charge in [0.1, 0.15) is 23.2 Å². The van der Waals surface area contributed by atoms with Crippen molar-refractivity contribution in [3.63, 3.8) is 0 Å². The molecular weight excluding hydrogens is 317 g/mol. The van der Waals surface area contributed by atoms with Crippen molar-refractivity contribution >= 4 is 5.82 Å². The Labute approximate surface area is 146 Å². The molecule has 0 fully saturated rings. The number of methoxy groups -OCH3 is 1. The molecule has 0 aliphatic rings. The molecule has 1 heterocycles. The molecule has 0 radical (unpaired) electrons. The van der Waals surface area contributed by atoms with Crippen LogP contribution in [0.25, 0.3) is 11.3 Å². The Morgan fingerprint density at radius 2 is 1.84 bits per heavy atom. The van der Waals surface area contributed by atoms with Gasteiger partial charge in [-0.1, -0.05) is 24.3 Å². The molecule has 3 rings (SSSR count). The standard InChI is InChI=1S/C20H20FN3O/c1-13(15-7-6-8-16(11-15)25-3)22-20-12-19(23-14(2)24-20)17-9-4-5-10-18(17)21/h4-13H,1-3H3,(H,22,23,24)/t13-/m0/s1. The maximum Gasteiger partial charge on any atom is 0.132 e. The lowest BCUT2D eigenvalue weighted by atomic mass is 10.1. The molecule has 3 aromatic rings. The Kier molecular flexibility index (Phi) is 4.93. The third-order valence-electron chi connectivity index (χ3n) is 3.95. The monoisotopic (exact) mass is 337 g/mol. The van der Waals surface area contributed by atoms with E-state index in [0.29, 0.717) is 22.9 Å². The van der Waals surface area contributed by atoms with Crippen LogP contribution in [-0.2, 0) is 0 Å². The molecule has 25 heavy (non-hydrogen) atoms. The molecule has 0 unspecified atom stereocenters. The zero-order chi connectivity index (χ0) is 17.8. The fourth-order valence-electron chi connectivity index (χ4n) is 2.66. The largest absolute Gasteiger partial charge is 0.497 e. The molecule has 5 heteroatoms. The van der Waals surface area contributed by atoms with Gasteiger partial charge in [0, 0.05) is 11.6 Å². The van der Waals surface area contributed by atoms with E-state index in [1.807, 2.05) is 31.2 Å². The van der Waals surface area contributed by atoms with E-state index < -0.39 is 0 Å². The molecule has 0 saturated heterocycles. The molecule has 0 spiro atoms. The van der Waals surface area contributed by atoms with E-state index in [-0.39, 0.29) is 11.9 Å². The fourth-order valence-corrected chi connectivity index (χ4v) is 2.66. The zero-order valence-corrected chi connectivity index (χ0v) is 14.5. The van der Waals surface area contributed by atoms with Gasteiger partial charge in [-0.3, -0.25) is 0 Å². The number of hydrogen-bond donors (Lipinski definition) is 1. The lowest BCUT2D eigenvalue weighted by Crippen LogP contribution is -2.09. The summed E-state index contributed by atoms with van der Waals surface area (Å²) in [4.78, 5) is 8.78. The summed E-state index contributed by atoms with van der Waals surface area (Å²) in [6, 6.07) is 16.2. The summed E-state index contributed by atoms with van der Waals surface area (Å²) in [6.45, 7) is 3.83. The van der Waals surface area contributed by atoms with Crippen molar-refractivity contribution in [2.24, 2.45) is 0 Å². The van der Waals surface area contributed by atoms with Crippen LogP contribution in [0.2, 0.25) is 0 Å². The van der Waals surface area contributed by atoms with Gasteiger partial charge in [-0.05, 0) is 43.7 Å². The van der Waals surface area contributed by atoms with Crippen molar-refractivity contribution in [3.05, 3.63) is 71.8 Å². The molecule has 0 amide bonds. The van der Waals surface area contributed by atoms with Crippen LogP contribution in [0, 0.1) is 12.7 Å². The molecule has 0 saturated carbocycles. The van der Waals surface area contributed by atoms with Crippen LogP contribution in [0.5, 0.6) is 5.75 Å². The molecule has 4 nitrogen and oxygen atoms in total. The van der Waals surface area contributed by atoms with Crippen LogP contribution in [0.15, 0.2) is 54.6 Å². The normalized spacial score (nSPS) is 11.8. The van der Waals surface area contributed by atoms with Gasteiger partial charge in [-0.15, -0.1) is 0 Å². The fraction of sp³-hybridized carbons (Fsp3) is 0.200. The van der Waals surface area contributed by atoms with E-state index in [0.717, 1.165) is 11.3 Å². The number of benzene rings is 2. The SMILES string of the molecule is COc1cccc([C@H](C)Nc2cc(-c3ccccc3F)nc(C)n2)c1. The molecule has 0 bridgehead atoms. The highest BCUT2D eigenvalue weighted by atomic mass is 19.1. The summed E-state index contributed by atoms with van der Waals surface area (Å²) in [5, 5.41) is 3.35. The molecular formula is C20H20FN3O. The second kappa shape index (κ2) is 7.30. The number of ether oxygens (including phenoxy) is 1. The van der Waals surface area contributed by atoms with Gasteiger partial charge in [-0.25, -0.2) is 14.4 Å². The summed E-state index contributed by atoms with van der Waals surface area (Å²) in [6.07, 6.45) is 0. The highest BCUT2D eigenvalue weighted by Gasteiger charge is 2.11. The predicted octanol–water partition coefficient (Wildman–Crippen LogP) is 4.77. The topological polar surface area (TPSA) is 47.0 Å². The molecule has 0 aliphatic carbocycles. The molecule has 2 aromatic carbocycles. The van der Waals surface area contributed by atoms with Crippen molar-refractivity contribution in [1.29, 1.82) is 0 Å². The van der Waals surface area contributed by atoms with E-state index >= 15 is 0 Å². The Morgan fingerprint density at radius 1 is 1.04 bits per heavy atom. The van der Waals surface area contributed by atoms with Gasteiger partial charge >= 0.3 is 0 Å². The smallest absolute Gasteiger partial charge is 0.132 e. The Hall–Kier alpha value is -2.95. The number of rotatable bonds is 5. The van der Waals surface area contributed by atoms with Crippen LogP contribution in [0.3, 0.4) is 0 Å². The highest BCUT2D eigenvalue weighted by Crippen LogP contribution is 2.26. The maximum absolute atomic E-state index is 14.1. The second-order valence-corrected chi connectivity index (χ2v) is 5.81. The second-order valence-electron chi connectivity index (χ2n) is 5.81. The molecule has 1 aromatic heterocycles. The number of aryl methyl sites for hydroxylation is 1. The summed E-state index contributed by atoms with van der Waals surface area (Å²) in [5.41, 5.74) is 2.10. The molecule has 1 atom stereocenters. The van der Waals surface area contributed by atoms with Crippen LogP contribution in [-0.4, -0.2) is 17.1 Å². The van der Waals surface area contributed by atoms with Gasteiger partial charge in [-0.2, -0.15) is 0 Å². The van der Waals surface area contributed by atoms with E-state index in [2.05, 4.69) is 15.3 Å². The average Bonchev–Trinajstić information content (AvgIpc) is 2.61. The molecule has 0 aliphatic heterocycles. The molecule has 1 N–H and O–H groups in total. The Bertz CT molecular complexity index is 882. The van der Waals surface area contributed by atoms with Crippen LogP contribution < -0.4 is 10.1 Å². The number of anilines is 1. The van der Waals surface area contributed by atoms with Gasteiger partial charge in [0.25, 0.3) is 0 Å². The van der Waals surface area contributed by atoms with Gasteiger partial charge < -0.3 is 10.1 Å². The lowest BCUT2D eigenvalue weighted by molar-refractivity contribution is 0.414. The van der Waals surface area contributed by atoms with Gasteiger partial charge in [0.05, 0.1) is 18.8 Å². The number of hydrogen-bond acceptors (Lipinski definition) is 4. The van der Waals surface area contributed by atoms with Crippen molar-refractivity contribution in [2.75, 3.05) is 12.4 Å². The van der Waals surface area contributed by atoms with Crippen molar-refractivity contribution in [2.45, 2.75) is 19.9 Å². The van der Waals surface area contributed by atoms with Crippen molar-refractivity contribution < 1.29 is 9.13 Å². The summed E-state index contributed by atoms with van der Waals surface area (Å²) in [5.74, 6) is 1.74. The van der Waals surface area contributed by atoms with Crippen molar-refractivity contribution in [3.8, 4) is 17.0 Å². The first kappa shape index (κ1) is 16.9. The number of nitrogens with one attached hydrogen (secondary N) is 1. The highest BCUT2D eigenvalue weighted by molar-refractivity contribution is 5.63. The number of aromatic nitrogens is 2. The van der Waals surface area contributed by atoms with Crippen LogP contribution >= 0.6 is 0 Å². The number of halogens is 1. The van der Waals surface area contributed by atoms with E-state index in [1.165, 1.54) is 6.07 Å². The first-order valence-corrected chi connectivity index (χ1v) is 8.08. The van der Waals surface area contributed by atoms with E-state index in [9.17, 15) is 4.39 Å². The third-order valence-corrected chi connectivity index (χ3v) is 3.95. The first-order valence-electron chi connectivity index (χ1n) is 8.08. The Balaban J connectivity index is 1.89. The summed E-state index contributed by atoms with van der Waals surface area (Å²) < 4.78 is 19.3. The maximum atomic E-state index is 14.1. The van der Waals surface area contributed by atoms with Crippen LogP contribution in [0.4, 0.5) is 10.2 Å². The predicted molar refractivity (Wildman–Crippen MR) is 97.2 cm³/mol. The van der Waals surface area contributed by atoms with E-state index in [1.54, 1.807) is 38.3 Å². The summed E-state index contributed by atoms with van der Waals surface area (Å²) in [7, 11) is 1.64. The number of nitrogens with zero attached hydrogens (tertiary/aromatic N) is 2.